The van der Waals surface area contributed by atoms with E-state index in [1.54, 1.807) is 6.92 Å². The van der Waals surface area contributed by atoms with Crippen LogP contribution in [0.1, 0.15) is 38.5 Å². The van der Waals surface area contributed by atoms with Crippen molar-refractivity contribution in [3.63, 3.8) is 0 Å². The van der Waals surface area contributed by atoms with Crippen LogP contribution in [0.2, 0.25) is 0 Å². The number of nitrogens with one attached hydrogen (secondary N) is 2. The number of hydrogen-bond acceptors (Lipinski definition) is 4. The summed E-state index contributed by atoms with van der Waals surface area (Å²) in [5, 5.41) is 18.1. The third-order valence-electron chi connectivity index (χ3n) is 4.24. The maximum Gasteiger partial charge on any atom is 0.314 e. The van der Waals surface area contributed by atoms with Crippen LogP contribution in [0.4, 0.5) is 4.79 Å². The second-order valence-corrected chi connectivity index (χ2v) is 7.95. The molecule has 3 N–H and O–H groups in total. The van der Waals surface area contributed by atoms with Gasteiger partial charge in [0.15, 0.2) is 0 Å². The Kier molecular flexibility index (Phi) is 6.44. The van der Waals surface area contributed by atoms with Crippen molar-refractivity contribution in [2.45, 2.75) is 45.3 Å². The van der Waals surface area contributed by atoms with E-state index in [0.717, 1.165) is 24.4 Å². The molecule has 2 heterocycles. The molecule has 1 fully saturated rings. The summed E-state index contributed by atoms with van der Waals surface area (Å²) in [4.78, 5) is 15.3. The fraction of sp³-hybridized carbons (Fsp3) is 0.706. The van der Waals surface area contributed by atoms with Crippen molar-refractivity contribution >= 4 is 17.4 Å². The van der Waals surface area contributed by atoms with Crippen LogP contribution < -0.4 is 10.6 Å². The van der Waals surface area contributed by atoms with Crippen molar-refractivity contribution in [3.8, 4) is 0 Å². The zero-order valence-electron chi connectivity index (χ0n) is 14.3. The highest BCUT2D eigenvalue weighted by atomic mass is 32.1. The third kappa shape index (κ3) is 5.48. The lowest BCUT2D eigenvalue weighted by Gasteiger charge is -2.27. The highest BCUT2D eigenvalue weighted by Gasteiger charge is 2.27. The summed E-state index contributed by atoms with van der Waals surface area (Å²) in [7, 11) is 0. The molecule has 23 heavy (non-hydrogen) atoms. The van der Waals surface area contributed by atoms with Gasteiger partial charge in [0.2, 0.25) is 0 Å². The summed E-state index contributed by atoms with van der Waals surface area (Å²) >= 11 is 1.49. The van der Waals surface area contributed by atoms with Crippen LogP contribution in [0, 0.1) is 5.92 Å². The Balaban J connectivity index is 1.73. The number of likely N-dealkylation sites (tertiary alicyclic amines) is 1. The van der Waals surface area contributed by atoms with Crippen molar-refractivity contribution < 1.29 is 9.90 Å². The number of amides is 2. The summed E-state index contributed by atoms with van der Waals surface area (Å²) in [5.74, 6) is 0.644. The number of hydrogen-bond donors (Lipinski definition) is 3. The molecule has 1 aromatic rings. The molecular weight excluding hydrogens is 310 g/mol. The van der Waals surface area contributed by atoms with Crippen LogP contribution in [0.15, 0.2) is 17.5 Å². The standard InChI is InChI=1S/C17H29N3O2S/c1-13(2)11-20-8-4-6-14(20)10-18-16(21)19-12-17(3,22)15-7-5-9-23-15/h5,7,9,13-14,22H,4,6,8,10-12H2,1-3H3,(H2,18,19,21)/t14-,17?/m0/s1. The second-order valence-electron chi connectivity index (χ2n) is 7.00. The first-order valence-electron chi connectivity index (χ1n) is 8.40. The van der Waals surface area contributed by atoms with Gasteiger partial charge in [-0.1, -0.05) is 19.9 Å². The van der Waals surface area contributed by atoms with Gasteiger partial charge in [0.25, 0.3) is 0 Å². The molecule has 0 radical (unpaired) electrons. The van der Waals surface area contributed by atoms with Gasteiger partial charge in [-0.3, -0.25) is 4.90 Å². The molecule has 130 valence electrons. The van der Waals surface area contributed by atoms with Crippen molar-refractivity contribution in [1.82, 2.24) is 15.5 Å². The Morgan fingerprint density at radius 3 is 2.96 bits per heavy atom. The highest BCUT2D eigenvalue weighted by Crippen LogP contribution is 2.24. The zero-order chi connectivity index (χ0) is 16.9. The molecule has 0 bridgehead atoms. The average molecular weight is 340 g/mol. The molecule has 0 aliphatic carbocycles. The van der Waals surface area contributed by atoms with Gasteiger partial charge in [-0.25, -0.2) is 4.79 Å². The van der Waals surface area contributed by atoms with Crippen molar-refractivity contribution in [1.29, 1.82) is 0 Å². The Bertz CT molecular complexity index is 488. The number of carbonyl (C=O) groups excluding carboxylic acids is 1. The quantitative estimate of drug-likeness (QED) is 0.715. The lowest BCUT2D eigenvalue weighted by atomic mass is 10.1. The van der Waals surface area contributed by atoms with Gasteiger partial charge in [-0.15, -0.1) is 11.3 Å². The number of nitrogens with zero attached hydrogens (tertiary/aromatic N) is 1. The maximum absolute atomic E-state index is 12.0. The first-order chi connectivity index (χ1) is 10.9. The summed E-state index contributed by atoms with van der Waals surface area (Å²) < 4.78 is 0. The number of aliphatic hydroxyl groups is 1. The molecule has 1 aromatic heterocycles. The zero-order valence-corrected chi connectivity index (χ0v) is 15.2. The topological polar surface area (TPSA) is 64.6 Å². The van der Waals surface area contributed by atoms with E-state index in [4.69, 9.17) is 0 Å². The second kappa shape index (κ2) is 8.13. The highest BCUT2D eigenvalue weighted by molar-refractivity contribution is 7.10. The molecule has 2 atom stereocenters. The molecule has 1 aliphatic rings. The van der Waals surface area contributed by atoms with Gasteiger partial charge in [0.05, 0.1) is 6.54 Å². The minimum Gasteiger partial charge on any atom is -0.383 e. The SMILES string of the molecule is CC(C)CN1CCC[C@H]1CNC(=O)NCC(C)(O)c1cccs1. The van der Waals surface area contributed by atoms with E-state index >= 15 is 0 Å². The molecule has 0 spiro atoms. The summed E-state index contributed by atoms with van der Waals surface area (Å²) in [6.07, 6.45) is 2.34. The van der Waals surface area contributed by atoms with Crippen molar-refractivity contribution in [2.75, 3.05) is 26.2 Å². The molecular formula is C17H29N3O2S. The Hall–Kier alpha value is -1.11. The fourth-order valence-corrected chi connectivity index (χ4v) is 3.82. The number of rotatable bonds is 7. The molecule has 1 aliphatic heterocycles. The molecule has 0 saturated carbocycles. The first kappa shape index (κ1) is 18.2. The summed E-state index contributed by atoms with van der Waals surface area (Å²) in [6.45, 7) is 9.25. The summed E-state index contributed by atoms with van der Waals surface area (Å²) in [6, 6.07) is 4.00. The van der Waals surface area contributed by atoms with Crippen LogP contribution in [0.5, 0.6) is 0 Å². The maximum atomic E-state index is 12.0. The number of carbonyl (C=O) groups is 1. The van der Waals surface area contributed by atoms with E-state index in [1.165, 1.54) is 17.8 Å². The average Bonchev–Trinajstić information content (AvgIpc) is 3.14. The minimum atomic E-state index is -1.03. The van der Waals surface area contributed by atoms with Gasteiger partial charge in [-0.05, 0) is 43.7 Å². The normalized spacial score (nSPS) is 21.3. The van der Waals surface area contributed by atoms with E-state index in [-0.39, 0.29) is 12.6 Å². The predicted octanol–water partition coefficient (Wildman–Crippen LogP) is 2.38. The fourth-order valence-electron chi connectivity index (χ4n) is 3.03. The molecule has 2 rings (SSSR count). The summed E-state index contributed by atoms with van der Waals surface area (Å²) in [5.41, 5.74) is -1.03. The Morgan fingerprint density at radius 1 is 1.52 bits per heavy atom. The largest absolute Gasteiger partial charge is 0.383 e. The van der Waals surface area contributed by atoms with E-state index in [1.807, 2.05) is 17.5 Å². The van der Waals surface area contributed by atoms with E-state index in [2.05, 4.69) is 29.4 Å². The lowest BCUT2D eigenvalue weighted by molar-refractivity contribution is 0.0630. The van der Waals surface area contributed by atoms with Gasteiger partial charge < -0.3 is 15.7 Å². The minimum absolute atomic E-state index is 0.208. The van der Waals surface area contributed by atoms with Gasteiger partial charge in [0.1, 0.15) is 5.60 Å². The molecule has 2 amide bonds. The van der Waals surface area contributed by atoms with E-state index < -0.39 is 5.60 Å². The third-order valence-corrected chi connectivity index (χ3v) is 5.37. The van der Waals surface area contributed by atoms with Gasteiger partial charge in [0, 0.05) is 24.0 Å². The molecule has 5 nitrogen and oxygen atoms in total. The molecule has 1 saturated heterocycles. The van der Waals surface area contributed by atoms with Crippen molar-refractivity contribution in [3.05, 3.63) is 22.4 Å². The monoisotopic (exact) mass is 339 g/mol. The molecule has 6 heteroatoms. The van der Waals surface area contributed by atoms with Gasteiger partial charge >= 0.3 is 6.03 Å². The van der Waals surface area contributed by atoms with E-state index in [0.29, 0.717) is 18.5 Å². The molecule has 1 unspecified atom stereocenters. The lowest BCUT2D eigenvalue weighted by Crippen LogP contribution is -2.47. The first-order valence-corrected chi connectivity index (χ1v) is 9.28. The van der Waals surface area contributed by atoms with Crippen LogP contribution in [0.3, 0.4) is 0 Å². The van der Waals surface area contributed by atoms with Crippen molar-refractivity contribution in [2.24, 2.45) is 5.92 Å². The predicted molar refractivity (Wildman–Crippen MR) is 94.7 cm³/mol. The Morgan fingerprint density at radius 2 is 2.30 bits per heavy atom. The van der Waals surface area contributed by atoms with Crippen LogP contribution in [0.25, 0.3) is 0 Å². The van der Waals surface area contributed by atoms with Crippen LogP contribution in [-0.2, 0) is 5.60 Å². The number of thiophene rings is 1. The van der Waals surface area contributed by atoms with E-state index in [9.17, 15) is 9.90 Å². The van der Waals surface area contributed by atoms with Crippen LogP contribution in [-0.4, -0.2) is 48.3 Å². The smallest absolute Gasteiger partial charge is 0.314 e. The molecule has 0 aromatic carbocycles. The van der Waals surface area contributed by atoms with Gasteiger partial charge in [-0.2, -0.15) is 0 Å². The number of urea groups is 1. The Labute approximate surface area is 143 Å². The van der Waals surface area contributed by atoms with Crippen LogP contribution >= 0.6 is 11.3 Å².